The van der Waals surface area contributed by atoms with Gasteiger partial charge in [0.2, 0.25) is 5.91 Å². The second kappa shape index (κ2) is 7.30. The topological polar surface area (TPSA) is 122 Å². The maximum Gasteiger partial charge on any atom is 0.284 e. The SMILES string of the molecule is CN=C(NCc1ccc(C(N)=O)o1)N1CCN(c2cnn(C)c2)C(=O)C1. The van der Waals surface area contributed by atoms with Crippen molar-refractivity contribution in [2.45, 2.75) is 6.54 Å². The number of guanidine groups is 1. The number of carbonyl (C=O) groups is 2. The molecule has 26 heavy (non-hydrogen) atoms. The number of nitrogens with one attached hydrogen (secondary N) is 1. The molecule has 0 aromatic carbocycles. The van der Waals surface area contributed by atoms with Crippen molar-refractivity contribution in [2.75, 3.05) is 31.6 Å². The summed E-state index contributed by atoms with van der Waals surface area (Å²) in [6.07, 6.45) is 3.49. The van der Waals surface area contributed by atoms with E-state index in [9.17, 15) is 9.59 Å². The van der Waals surface area contributed by atoms with E-state index in [0.717, 1.165) is 5.69 Å². The highest BCUT2D eigenvalue weighted by atomic mass is 16.3. The Morgan fingerprint density at radius 1 is 1.42 bits per heavy atom. The van der Waals surface area contributed by atoms with Crippen LogP contribution in [0.4, 0.5) is 5.69 Å². The molecule has 0 bridgehead atoms. The molecule has 0 unspecified atom stereocenters. The van der Waals surface area contributed by atoms with Gasteiger partial charge in [0.1, 0.15) is 12.3 Å². The monoisotopic (exact) mass is 359 g/mol. The Morgan fingerprint density at radius 3 is 2.81 bits per heavy atom. The first-order valence-electron chi connectivity index (χ1n) is 8.11. The van der Waals surface area contributed by atoms with E-state index in [-0.39, 0.29) is 18.2 Å². The largest absolute Gasteiger partial charge is 0.454 e. The third-order valence-corrected chi connectivity index (χ3v) is 4.06. The van der Waals surface area contributed by atoms with E-state index in [2.05, 4.69) is 15.4 Å². The Hall–Kier alpha value is -3.30. The van der Waals surface area contributed by atoms with Crippen molar-refractivity contribution < 1.29 is 14.0 Å². The number of furan rings is 1. The van der Waals surface area contributed by atoms with Gasteiger partial charge >= 0.3 is 0 Å². The Labute approximate surface area is 150 Å². The molecule has 3 N–H and O–H groups in total. The van der Waals surface area contributed by atoms with Crippen molar-refractivity contribution in [2.24, 2.45) is 17.8 Å². The van der Waals surface area contributed by atoms with Gasteiger partial charge in [0.05, 0.1) is 18.4 Å². The highest BCUT2D eigenvalue weighted by molar-refractivity contribution is 5.98. The lowest BCUT2D eigenvalue weighted by atomic mass is 10.3. The number of nitrogens with two attached hydrogens (primary N) is 1. The molecule has 1 aliphatic rings. The number of carbonyl (C=O) groups excluding carboxylic acids is 2. The zero-order valence-corrected chi connectivity index (χ0v) is 14.7. The predicted molar refractivity (Wildman–Crippen MR) is 94.6 cm³/mol. The lowest BCUT2D eigenvalue weighted by molar-refractivity contribution is -0.120. The Bertz CT molecular complexity index is 839. The molecule has 1 saturated heterocycles. The Kier molecular flexibility index (Phi) is 4.92. The fourth-order valence-corrected chi connectivity index (χ4v) is 2.78. The number of hydrogen-bond donors (Lipinski definition) is 2. The normalized spacial score (nSPS) is 15.5. The molecule has 1 fully saturated rings. The van der Waals surface area contributed by atoms with E-state index in [4.69, 9.17) is 10.2 Å². The van der Waals surface area contributed by atoms with Crippen LogP contribution in [-0.2, 0) is 18.4 Å². The molecule has 10 nitrogen and oxygen atoms in total. The molecule has 0 aliphatic carbocycles. The first kappa shape index (κ1) is 17.5. The van der Waals surface area contributed by atoms with Crippen LogP contribution in [0.1, 0.15) is 16.3 Å². The zero-order chi connectivity index (χ0) is 18.7. The molecule has 0 spiro atoms. The molecule has 138 valence electrons. The van der Waals surface area contributed by atoms with Gasteiger partial charge in [0.25, 0.3) is 5.91 Å². The lowest BCUT2D eigenvalue weighted by Crippen LogP contribution is -2.55. The fourth-order valence-electron chi connectivity index (χ4n) is 2.78. The van der Waals surface area contributed by atoms with Crippen LogP contribution in [0.25, 0.3) is 0 Å². The van der Waals surface area contributed by atoms with Gasteiger partial charge in [-0.15, -0.1) is 0 Å². The van der Waals surface area contributed by atoms with Crippen LogP contribution in [0.2, 0.25) is 0 Å². The predicted octanol–water partition coefficient (Wildman–Crippen LogP) is -0.464. The minimum atomic E-state index is -0.613. The Balaban J connectivity index is 1.59. The van der Waals surface area contributed by atoms with Crippen LogP contribution in [0.15, 0.2) is 33.9 Å². The second-order valence-corrected chi connectivity index (χ2v) is 5.87. The minimum absolute atomic E-state index is 0.0267. The molecule has 3 heterocycles. The summed E-state index contributed by atoms with van der Waals surface area (Å²) >= 11 is 0. The summed E-state index contributed by atoms with van der Waals surface area (Å²) in [6.45, 7) is 1.71. The number of amides is 2. The number of primary amides is 1. The van der Waals surface area contributed by atoms with E-state index < -0.39 is 5.91 Å². The van der Waals surface area contributed by atoms with Gasteiger partial charge in [-0.3, -0.25) is 19.3 Å². The van der Waals surface area contributed by atoms with Crippen molar-refractivity contribution in [1.29, 1.82) is 0 Å². The average molecular weight is 359 g/mol. The standard InChI is InChI=1S/C16H21N7O3/c1-18-16(19-8-12-3-4-13(26-12)15(17)25)22-5-6-23(14(24)10-22)11-7-20-21(2)9-11/h3-4,7,9H,5-6,8,10H2,1-2H3,(H2,17,25)(H,18,19). The van der Waals surface area contributed by atoms with Gasteiger partial charge in [0.15, 0.2) is 11.7 Å². The zero-order valence-electron chi connectivity index (χ0n) is 14.7. The second-order valence-electron chi connectivity index (χ2n) is 5.87. The van der Waals surface area contributed by atoms with Gasteiger partial charge in [-0.1, -0.05) is 0 Å². The summed E-state index contributed by atoms with van der Waals surface area (Å²) in [5.74, 6) is 0.609. The first-order chi connectivity index (χ1) is 12.5. The van der Waals surface area contributed by atoms with Crippen LogP contribution >= 0.6 is 0 Å². The third kappa shape index (κ3) is 3.68. The van der Waals surface area contributed by atoms with Crippen LogP contribution in [-0.4, -0.2) is 59.1 Å². The summed E-state index contributed by atoms with van der Waals surface area (Å²) < 4.78 is 7.00. The number of hydrogen-bond acceptors (Lipinski definition) is 5. The molecular weight excluding hydrogens is 338 g/mol. The highest BCUT2D eigenvalue weighted by Crippen LogP contribution is 2.16. The van der Waals surface area contributed by atoms with Crippen molar-refractivity contribution in [3.05, 3.63) is 36.0 Å². The number of anilines is 1. The summed E-state index contributed by atoms with van der Waals surface area (Å²) in [7, 11) is 3.46. The number of rotatable bonds is 4. The molecule has 1 aliphatic heterocycles. The molecular formula is C16H21N7O3. The number of aromatic nitrogens is 2. The summed E-state index contributed by atoms with van der Waals surface area (Å²) in [5.41, 5.74) is 5.96. The van der Waals surface area contributed by atoms with Gasteiger partial charge in [-0.05, 0) is 12.1 Å². The molecule has 0 saturated carbocycles. The number of aryl methyl sites for hydroxylation is 1. The van der Waals surface area contributed by atoms with Crippen molar-refractivity contribution in [1.82, 2.24) is 20.0 Å². The van der Waals surface area contributed by atoms with Gasteiger partial charge in [-0.2, -0.15) is 5.10 Å². The molecule has 0 radical (unpaired) electrons. The third-order valence-electron chi connectivity index (χ3n) is 4.06. The van der Waals surface area contributed by atoms with E-state index >= 15 is 0 Å². The molecule has 10 heteroatoms. The van der Waals surface area contributed by atoms with E-state index in [1.54, 1.807) is 28.9 Å². The number of aliphatic imine (C=N–C) groups is 1. The van der Waals surface area contributed by atoms with Crippen LogP contribution < -0.4 is 16.0 Å². The van der Waals surface area contributed by atoms with Crippen LogP contribution in [0, 0.1) is 0 Å². The molecule has 3 rings (SSSR count). The number of nitrogens with zero attached hydrogens (tertiary/aromatic N) is 5. The molecule has 2 aromatic heterocycles. The van der Waals surface area contributed by atoms with Gasteiger partial charge in [0, 0.05) is 33.4 Å². The van der Waals surface area contributed by atoms with Gasteiger partial charge in [-0.25, -0.2) is 0 Å². The summed E-state index contributed by atoms with van der Waals surface area (Å²) in [5, 5.41) is 7.23. The summed E-state index contributed by atoms with van der Waals surface area (Å²) in [6, 6.07) is 3.20. The Morgan fingerprint density at radius 2 is 2.23 bits per heavy atom. The molecule has 0 atom stereocenters. The van der Waals surface area contributed by atoms with Gasteiger partial charge < -0.3 is 25.3 Å². The maximum absolute atomic E-state index is 12.5. The average Bonchev–Trinajstić information content (AvgIpc) is 3.25. The van der Waals surface area contributed by atoms with E-state index in [1.165, 1.54) is 6.07 Å². The highest BCUT2D eigenvalue weighted by Gasteiger charge is 2.27. The minimum Gasteiger partial charge on any atom is -0.454 e. The fraction of sp³-hybridized carbons (Fsp3) is 0.375. The number of piperazine rings is 1. The first-order valence-corrected chi connectivity index (χ1v) is 8.11. The lowest BCUT2D eigenvalue weighted by Gasteiger charge is -2.35. The van der Waals surface area contributed by atoms with Crippen LogP contribution in [0.3, 0.4) is 0 Å². The van der Waals surface area contributed by atoms with Crippen molar-refractivity contribution >= 4 is 23.5 Å². The molecule has 2 aromatic rings. The van der Waals surface area contributed by atoms with Crippen LogP contribution in [0.5, 0.6) is 0 Å². The maximum atomic E-state index is 12.5. The van der Waals surface area contributed by atoms with Crippen molar-refractivity contribution in [3.63, 3.8) is 0 Å². The van der Waals surface area contributed by atoms with Crippen molar-refractivity contribution in [3.8, 4) is 0 Å². The summed E-state index contributed by atoms with van der Waals surface area (Å²) in [4.78, 5) is 31.3. The smallest absolute Gasteiger partial charge is 0.284 e. The van der Waals surface area contributed by atoms with E-state index in [0.29, 0.717) is 31.4 Å². The quantitative estimate of drug-likeness (QED) is 0.562. The van der Waals surface area contributed by atoms with E-state index in [1.807, 2.05) is 18.1 Å². The molecule has 2 amide bonds.